The highest BCUT2D eigenvalue weighted by atomic mass is 14.8. The van der Waals surface area contributed by atoms with Crippen molar-refractivity contribution in [1.29, 1.82) is 0 Å². The van der Waals surface area contributed by atoms with E-state index < -0.39 is 0 Å². The van der Waals surface area contributed by atoms with Crippen LogP contribution in [0.1, 0.15) is 40.5 Å². The first kappa shape index (κ1) is 11.0. The van der Waals surface area contributed by atoms with Crippen LogP contribution in [0.25, 0.3) is 0 Å². The Bertz CT molecular complexity index is 97.0. The first-order valence-electron chi connectivity index (χ1n) is 4.66. The zero-order chi connectivity index (χ0) is 8.91. The third kappa shape index (κ3) is 5.25. The van der Waals surface area contributed by atoms with Crippen LogP contribution in [0.15, 0.2) is 0 Å². The lowest BCUT2D eigenvalue weighted by atomic mass is 9.82. The number of hydrogen-bond acceptors (Lipinski definition) is 1. The van der Waals surface area contributed by atoms with Crippen LogP contribution >= 0.6 is 0 Å². The smallest absolute Gasteiger partial charge is 0.0000387 e. The molecule has 0 aromatic heterocycles. The lowest BCUT2D eigenvalue weighted by molar-refractivity contribution is 0.267. The van der Waals surface area contributed by atoms with Crippen molar-refractivity contribution in [3.05, 3.63) is 0 Å². The fourth-order valence-corrected chi connectivity index (χ4v) is 1.64. The van der Waals surface area contributed by atoms with Gasteiger partial charge in [0.1, 0.15) is 0 Å². The molecule has 1 atom stereocenters. The van der Waals surface area contributed by atoms with E-state index in [0.29, 0.717) is 5.41 Å². The molecule has 0 bridgehead atoms. The van der Waals surface area contributed by atoms with Gasteiger partial charge in [0.2, 0.25) is 0 Å². The Hall–Kier alpha value is -0.0400. The monoisotopic (exact) mass is 157 g/mol. The first-order valence-corrected chi connectivity index (χ1v) is 4.66. The molecular formula is C10H23N. The van der Waals surface area contributed by atoms with Gasteiger partial charge in [-0.25, -0.2) is 0 Å². The van der Waals surface area contributed by atoms with Gasteiger partial charge in [0, 0.05) is 0 Å². The van der Waals surface area contributed by atoms with Crippen molar-refractivity contribution in [2.45, 2.75) is 40.5 Å². The van der Waals surface area contributed by atoms with Gasteiger partial charge in [-0.05, 0) is 31.3 Å². The molecule has 11 heavy (non-hydrogen) atoms. The Labute approximate surface area is 71.6 Å². The summed E-state index contributed by atoms with van der Waals surface area (Å²) in [5.74, 6) is 0.860. The summed E-state index contributed by atoms with van der Waals surface area (Å²) in [6, 6.07) is 0. The maximum absolute atomic E-state index is 3.24. The average Bonchev–Trinajstić information content (AvgIpc) is 1.86. The zero-order valence-corrected chi connectivity index (χ0v) is 8.70. The van der Waals surface area contributed by atoms with E-state index in [4.69, 9.17) is 0 Å². The number of nitrogens with one attached hydrogen (secondary N) is 1. The molecule has 0 aromatic rings. The topological polar surface area (TPSA) is 12.0 Å². The molecule has 0 aliphatic heterocycles. The van der Waals surface area contributed by atoms with E-state index in [1.165, 1.54) is 12.8 Å². The van der Waals surface area contributed by atoms with Crippen molar-refractivity contribution in [2.24, 2.45) is 11.3 Å². The van der Waals surface area contributed by atoms with E-state index in [-0.39, 0.29) is 0 Å². The van der Waals surface area contributed by atoms with Crippen LogP contribution in [-0.2, 0) is 0 Å². The summed E-state index contributed by atoms with van der Waals surface area (Å²) in [7, 11) is 2.03. The normalized spacial score (nSPS) is 15.0. The molecule has 0 radical (unpaired) electrons. The summed E-state index contributed by atoms with van der Waals surface area (Å²) < 4.78 is 0. The molecule has 1 unspecified atom stereocenters. The second-order valence-electron chi connectivity index (χ2n) is 4.41. The molecule has 1 nitrogen and oxygen atoms in total. The Kier molecular flexibility index (Phi) is 4.74. The standard InChI is InChI=1S/C10H23N/c1-6-9(2)7-10(3,4)8-11-5/h9,11H,6-8H2,1-5H3. The largest absolute Gasteiger partial charge is 0.319 e. The molecule has 0 rings (SSSR count). The van der Waals surface area contributed by atoms with E-state index >= 15 is 0 Å². The minimum absolute atomic E-state index is 0.462. The molecule has 0 saturated heterocycles. The highest BCUT2D eigenvalue weighted by Gasteiger charge is 2.18. The van der Waals surface area contributed by atoms with Gasteiger partial charge < -0.3 is 5.32 Å². The molecule has 0 heterocycles. The van der Waals surface area contributed by atoms with Crippen molar-refractivity contribution >= 4 is 0 Å². The molecule has 1 heteroatoms. The summed E-state index contributed by atoms with van der Waals surface area (Å²) in [6.45, 7) is 10.4. The van der Waals surface area contributed by atoms with Crippen molar-refractivity contribution < 1.29 is 0 Å². The zero-order valence-electron chi connectivity index (χ0n) is 8.70. The SMILES string of the molecule is CCC(C)CC(C)(C)CNC. The minimum Gasteiger partial charge on any atom is -0.319 e. The van der Waals surface area contributed by atoms with Crippen molar-refractivity contribution in [2.75, 3.05) is 13.6 Å². The van der Waals surface area contributed by atoms with Gasteiger partial charge in [0.05, 0.1) is 0 Å². The van der Waals surface area contributed by atoms with Crippen LogP contribution in [0, 0.1) is 11.3 Å². The third-order valence-electron chi connectivity index (χ3n) is 2.25. The number of rotatable bonds is 5. The lowest BCUT2D eigenvalue weighted by Crippen LogP contribution is -2.28. The van der Waals surface area contributed by atoms with Gasteiger partial charge in [-0.15, -0.1) is 0 Å². The van der Waals surface area contributed by atoms with E-state index in [1.54, 1.807) is 0 Å². The third-order valence-corrected chi connectivity index (χ3v) is 2.25. The van der Waals surface area contributed by atoms with Crippen LogP contribution in [0.4, 0.5) is 0 Å². The predicted molar refractivity (Wildman–Crippen MR) is 51.8 cm³/mol. The minimum atomic E-state index is 0.462. The molecule has 0 spiro atoms. The van der Waals surface area contributed by atoms with Crippen LogP contribution < -0.4 is 5.32 Å². The summed E-state index contributed by atoms with van der Waals surface area (Å²) in [5.41, 5.74) is 0.462. The summed E-state index contributed by atoms with van der Waals surface area (Å²) in [5, 5.41) is 3.24. The van der Waals surface area contributed by atoms with Crippen LogP contribution in [0.3, 0.4) is 0 Å². The molecule has 68 valence electrons. The van der Waals surface area contributed by atoms with E-state index in [0.717, 1.165) is 12.5 Å². The average molecular weight is 157 g/mol. The predicted octanol–water partition coefficient (Wildman–Crippen LogP) is 2.67. The van der Waals surface area contributed by atoms with Crippen LogP contribution in [-0.4, -0.2) is 13.6 Å². The van der Waals surface area contributed by atoms with Gasteiger partial charge in [-0.2, -0.15) is 0 Å². The Morgan fingerprint density at radius 2 is 1.91 bits per heavy atom. The Morgan fingerprint density at radius 3 is 2.27 bits per heavy atom. The van der Waals surface area contributed by atoms with Gasteiger partial charge in [0.25, 0.3) is 0 Å². The van der Waals surface area contributed by atoms with Gasteiger partial charge in [-0.3, -0.25) is 0 Å². The molecule has 0 saturated carbocycles. The van der Waals surface area contributed by atoms with Crippen molar-refractivity contribution in [3.63, 3.8) is 0 Å². The van der Waals surface area contributed by atoms with Gasteiger partial charge >= 0.3 is 0 Å². The second kappa shape index (κ2) is 4.76. The van der Waals surface area contributed by atoms with Crippen molar-refractivity contribution in [3.8, 4) is 0 Å². The maximum atomic E-state index is 3.24. The first-order chi connectivity index (χ1) is 5.02. The summed E-state index contributed by atoms with van der Waals surface area (Å²) in [4.78, 5) is 0. The fraction of sp³-hybridized carbons (Fsp3) is 1.00. The molecule has 0 aromatic carbocycles. The second-order valence-corrected chi connectivity index (χ2v) is 4.41. The highest BCUT2D eigenvalue weighted by molar-refractivity contribution is 4.72. The van der Waals surface area contributed by atoms with E-state index in [9.17, 15) is 0 Å². The van der Waals surface area contributed by atoms with Crippen LogP contribution in [0.2, 0.25) is 0 Å². The summed E-state index contributed by atoms with van der Waals surface area (Å²) >= 11 is 0. The van der Waals surface area contributed by atoms with Crippen molar-refractivity contribution in [1.82, 2.24) is 5.32 Å². The highest BCUT2D eigenvalue weighted by Crippen LogP contribution is 2.25. The fourth-order valence-electron chi connectivity index (χ4n) is 1.64. The molecule has 1 N–H and O–H groups in total. The van der Waals surface area contributed by atoms with Gasteiger partial charge in [-0.1, -0.05) is 34.1 Å². The van der Waals surface area contributed by atoms with E-state index in [1.807, 2.05) is 7.05 Å². The molecule has 0 aliphatic rings. The molecule has 0 fully saturated rings. The Morgan fingerprint density at radius 1 is 1.36 bits per heavy atom. The quantitative estimate of drug-likeness (QED) is 0.647. The lowest BCUT2D eigenvalue weighted by Gasteiger charge is -2.27. The maximum Gasteiger partial charge on any atom is -0.0000387 e. The van der Waals surface area contributed by atoms with Gasteiger partial charge in [0.15, 0.2) is 0 Å². The van der Waals surface area contributed by atoms with E-state index in [2.05, 4.69) is 33.0 Å². The Balaban J connectivity index is 3.70. The number of hydrogen-bond donors (Lipinski definition) is 1. The summed E-state index contributed by atoms with van der Waals surface area (Å²) in [6.07, 6.45) is 2.62. The molecular weight excluding hydrogens is 134 g/mol. The molecule has 0 aliphatic carbocycles. The van der Waals surface area contributed by atoms with Crippen LogP contribution in [0.5, 0.6) is 0 Å². The molecule has 0 amide bonds.